The summed E-state index contributed by atoms with van der Waals surface area (Å²) >= 11 is 0. The maximum atomic E-state index is 11.4. The van der Waals surface area contributed by atoms with Gasteiger partial charge in [0.1, 0.15) is 0 Å². The lowest BCUT2D eigenvalue weighted by molar-refractivity contribution is -0.120. The Morgan fingerprint density at radius 1 is 1.56 bits per heavy atom. The molecule has 6 nitrogen and oxygen atoms in total. The van der Waals surface area contributed by atoms with Crippen molar-refractivity contribution in [2.24, 2.45) is 5.73 Å². The van der Waals surface area contributed by atoms with Crippen LogP contribution < -0.4 is 11.1 Å². The molecule has 1 fully saturated rings. The zero-order chi connectivity index (χ0) is 13.8. The average Bonchev–Trinajstić information content (AvgIpc) is 2.64. The van der Waals surface area contributed by atoms with Gasteiger partial charge in [0.2, 0.25) is 5.91 Å². The van der Waals surface area contributed by atoms with E-state index in [1.54, 1.807) is 0 Å². The van der Waals surface area contributed by atoms with Crippen molar-refractivity contribution in [2.75, 3.05) is 31.6 Å². The number of carbonyl (C=O) groups is 1. The van der Waals surface area contributed by atoms with E-state index in [9.17, 15) is 13.2 Å². The van der Waals surface area contributed by atoms with Gasteiger partial charge in [0.15, 0.2) is 9.84 Å². The van der Waals surface area contributed by atoms with E-state index in [4.69, 9.17) is 5.73 Å². The molecule has 0 bridgehead atoms. The van der Waals surface area contributed by atoms with Crippen molar-refractivity contribution in [3.05, 3.63) is 0 Å². The fourth-order valence-corrected chi connectivity index (χ4v) is 3.94. The predicted molar refractivity (Wildman–Crippen MR) is 71.0 cm³/mol. The van der Waals surface area contributed by atoms with Crippen molar-refractivity contribution in [2.45, 2.75) is 31.8 Å². The minimum atomic E-state index is -2.89. The third-order valence-electron chi connectivity index (χ3n) is 3.29. The Hall–Kier alpha value is -0.660. The number of nitrogens with one attached hydrogen (secondary N) is 1. The number of likely N-dealkylation sites (N-methyl/N-ethyl adjacent to an activating group) is 1. The van der Waals surface area contributed by atoms with Crippen molar-refractivity contribution in [1.82, 2.24) is 10.2 Å². The Balaban J connectivity index is 2.51. The fraction of sp³-hybridized carbons (Fsp3) is 0.909. The van der Waals surface area contributed by atoms with Gasteiger partial charge >= 0.3 is 0 Å². The van der Waals surface area contributed by atoms with Crippen LogP contribution >= 0.6 is 0 Å². The number of primary amides is 1. The molecule has 1 saturated heterocycles. The molecule has 0 radical (unpaired) electrons. The number of rotatable bonds is 7. The van der Waals surface area contributed by atoms with E-state index in [2.05, 4.69) is 5.32 Å². The number of hydrogen-bond acceptors (Lipinski definition) is 5. The van der Waals surface area contributed by atoms with E-state index in [1.165, 1.54) is 0 Å². The molecule has 2 atom stereocenters. The van der Waals surface area contributed by atoms with Gasteiger partial charge < -0.3 is 16.0 Å². The van der Waals surface area contributed by atoms with Gasteiger partial charge in [-0.25, -0.2) is 8.42 Å². The molecule has 2 unspecified atom stereocenters. The van der Waals surface area contributed by atoms with Crippen LogP contribution in [0, 0.1) is 0 Å². The molecule has 18 heavy (non-hydrogen) atoms. The Labute approximate surface area is 109 Å². The number of amides is 1. The minimum absolute atomic E-state index is 0.000256. The quantitative estimate of drug-likeness (QED) is 0.620. The summed E-state index contributed by atoms with van der Waals surface area (Å²) in [6.45, 7) is 3.19. The first-order chi connectivity index (χ1) is 8.35. The van der Waals surface area contributed by atoms with E-state index in [0.29, 0.717) is 13.0 Å². The van der Waals surface area contributed by atoms with Crippen LogP contribution in [0.5, 0.6) is 0 Å². The summed E-state index contributed by atoms with van der Waals surface area (Å²) in [5.41, 5.74) is 5.33. The van der Waals surface area contributed by atoms with Gasteiger partial charge in [0.05, 0.1) is 17.5 Å². The van der Waals surface area contributed by atoms with Crippen LogP contribution in [0.25, 0.3) is 0 Å². The van der Waals surface area contributed by atoms with E-state index in [1.807, 2.05) is 18.9 Å². The highest BCUT2D eigenvalue weighted by Gasteiger charge is 2.32. The predicted octanol–water partition coefficient (Wildman–Crippen LogP) is -1.04. The summed E-state index contributed by atoms with van der Waals surface area (Å²) in [5.74, 6) is 0.0325. The Bertz CT molecular complexity index is 383. The molecule has 106 valence electrons. The maximum Gasteiger partial charge on any atom is 0.235 e. The lowest BCUT2D eigenvalue weighted by atomic mass is 10.2. The van der Waals surface area contributed by atoms with Crippen molar-refractivity contribution in [3.63, 3.8) is 0 Å². The van der Waals surface area contributed by atoms with Crippen LogP contribution in [-0.4, -0.2) is 63.0 Å². The van der Waals surface area contributed by atoms with Gasteiger partial charge in [-0.05, 0) is 26.4 Å². The Kier molecular flexibility index (Phi) is 5.55. The summed E-state index contributed by atoms with van der Waals surface area (Å²) in [6, 6.07) is -0.418. The number of nitrogens with two attached hydrogens (primary N) is 1. The van der Waals surface area contributed by atoms with Gasteiger partial charge in [-0.3, -0.25) is 4.79 Å². The van der Waals surface area contributed by atoms with Crippen LogP contribution in [0.2, 0.25) is 0 Å². The number of nitrogens with zero attached hydrogens (tertiary/aromatic N) is 1. The summed E-state index contributed by atoms with van der Waals surface area (Å²) in [6.07, 6.45) is 1.56. The molecule has 0 saturated carbocycles. The SMILES string of the molecule is CCCNC(CN(C)C1CCS(=O)(=O)C1)C(N)=O. The third kappa shape index (κ3) is 4.55. The van der Waals surface area contributed by atoms with E-state index < -0.39 is 21.8 Å². The molecular formula is C11H23N3O3S. The normalized spacial score (nSPS) is 24.3. The Morgan fingerprint density at radius 2 is 2.22 bits per heavy atom. The second-order valence-electron chi connectivity index (χ2n) is 4.91. The van der Waals surface area contributed by atoms with Gasteiger partial charge in [-0.15, -0.1) is 0 Å². The van der Waals surface area contributed by atoms with Gasteiger partial charge in [0.25, 0.3) is 0 Å². The second kappa shape index (κ2) is 6.49. The van der Waals surface area contributed by atoms with E-state index >= 15 is 0 Å². The second-order valence-corrected chi connectivity index (χ2v) is 7.13. The van der Waals surface area contributed by atoms with Crippen molar-refractivity contribution in [1.29, 1.82) is 0 Å². The molecule has 0 spiro atoms. The van der Waals surface area contributed by atoms with E-state index in [-0.39, 0.29) is 17.5 Å². The highest BCUT2D eigenvalue weighted by molar-refractivity contribution is 7.91. The zero-order valence-electron chi connectivity index (χ0n) is 11.1. The van der Waals surface area contributed by atoms with Crippen LogP contribution in [0.4, 0.5) is 0 Å². The average molecular weight is 277 g/mol. The summed E-state index contributed by atoms with van der Waals surface area (Å²) in [4.78, 5) is 13.2. The molecule has 0 aromatic rings. The number of hydrogen-bond donors (Lipinski definition) is 2. The first kappa shape index (κ1) is 15.4. The first-order valence-corrected chi connectivity index (χ1v) is 8.11. The molecule has 7 heteroatoms. The summed E-state index contributed by atoms with van der Waals surface area (Å²) < 4.78 is 22.8. The minimum Gasteiger partial charge on any atom is -0.368 e. The van der Waals surface area contributed by atoms with Crippen LogP contribution in [0.3, 0.4) is 0 Å². The van der Waals surface area contributed by atoms with Crippen molar-refractivity contribution >= 4 is 15.7 Å². The molecule has 1 rings (SSSR count). The monoisotopic (exact) mass is 277 g/mol. The zero-order valence-corrected chi connectivity index (χ0v) is 11.9. The highest BCUT2D eigenvalue weighted by atomic mass is 32.2. The van der Waals surface area contributed by atoms with E-state index in [0.717, 1.165) is 13.0 Å². The van der Waals surface area contributed by atoms with Crippen LogP contribution in [0.1, 0.15) is 19.8 Å². The fourth-order valence-electron chi connectivity index (χ4n) is 2.13. The summed E-state index contributed by atoms with van der Waals surface area (Å²) in [7, 11) is -1.05. The smallest absolute Gasteiger partial charge is 0.235 e. The third-order valence-corrected chi connectivity index (χ3v) is 5.04. The molecule has 1 aliphatic rings. The standard InChI is InChI=1S/C11H23N3O3S/c1-3-5-13-10(11(12)15)7-14(2)9-4-6-18(16,17)8-9/h9-10,13H,3-8H2,1-2H3,(H2,12,15). The van der Waals surface area contributed by atoms with Crippen molar-refractivity contribution < 1.29 is 13.2 Å². The van der Waals surface area contributed by atoms with Gasteiger partial charge in [0, 0.05) is 12.6 Å². The number of carbonyl (C=O) groups excluding carboxylic acids is 1. The van der Waals surface area contributed by atoms with Crippen LogP contribution in [-0.2, 0) is 14.6 Å². The highest BCUT2D eigenvalue weighted by Crippen LogP contribution is 2.16. The summed E-state index contributed by atoms with van der Waals surface area (Å²) in [5, 5.41) is 3.08. The largest absolute Gasteiger partial charge is 0.368 e. The molecule has 1 aliphatic heterocycles. The molecule has 0 aromatic carbocycles. The molecule has 1 heterocycles. The molecule has 0 aliphatic carbocycles. The van der Waals surface area contributed by atoms with Gasteiger partial charge in [-0.1, -0.05) is 6.92 Å². The first-order valence-electron chi connectivity index (χ1n) is 6.29. The molecule has 1 amide bonds. The number of sulfone groups is 1. The Morgan fingerprint density at radius 3 is 2.67 bits per heavy atom. The molecular weight excluding hydrogens is 254 g/mol. The van der Waals surface area contributed by atoms with Crippen LogP contribution in [0.15, 0.2) is 0 Å². The molecule has 3 N–H and O–H groups in total. The molecule has 0 aromatic heterocycles. The lowest BCUT2D eigenvalue weighted by Crippen LogP contribution is -2.50. The van der Waals surface area contributed by atoms with Gasteiger partial charge in [-0.2, -0.15) is 0 Å². The lowest BCUT2D eigenvalue weighted by Gasteiger charge is -2.27. The van der Waals surface area contributed by atoms with Crippen molar-refractivity contribution in [3.8, 4) is 0 Å². The maximum absolute atomic E-state index is 11.4. The topological polar surface area (TPSA) is 92.5 Å².